The number of hydrogen-bond acceptors (Lipinski definition) is 5. The fourth-order valence-electron chi connectivity index (χ4n) is 2.23. The van der Waals surface area contributed by atoms with Crippen LogP contribution in [0.2, 0.25) is 0 Å². The van der Waals surface area contributed by atoms with Crippen molar-refractivity contribution in [1.29, 1.82) is 0 Å². The van der Waals surface area contributed by atoms with Crippen molar-refractivity contribution in [3.05, 3.63) is 22.7 Å². The highest BCUT2D eigenvalue weighted by molar-refractivity contribution is 7.99. The van der Waals surface area contributed by atoms with Crippen molar-refractivity contribution < 1.29 is 9.90 Å². The third-order valence-electron chi connectivity index (χ3n) is 3.14. The van der Waals surface area contributed by atoms with Crippen molar-refractivity contribution in [1.82, 2.24) is 9.55 Å². The summed E-state index contributed by atoms with van der Waals surface area (Å²) in [5, 5.41) is 9.28. The van der Waals surface area contributed by atoms with Crippen LogP contribution in [0.3, 0.4) is 0 Å². The van der Waals surface area contributed by atoms with Crippen LogP contribution in [-0.4, -0.2) is 44.7 Å². The molecular weight excluding hydrogens is 278 g/mol. The average Bonchev–Trinajstić information content (AvgIpc) is 2.40. The van der Waals surface area contributed by atoms with Crippen molar-refractivity contribution in [3.63, 3.8) is 0 Å². The monoisotopic (exact) mass is 297 g/mol. The highest BCUT2D eigenvalue weighted by Crippen LogP contribution is 2.20. The van der Waals surface area contributed by atoms with Gasteiger partial charge in [0, 0.05) is 37.0 Å². The number of rotatable bonds is 4. The number of thioether (sulfide) groups is 1. The van der Waals surface area contributed by atoms with Gasteiger partial charge in [0.15, 0.2) is 5.82 Å². The number of carbonyl (C=O) groups is 1. The number of anilines is 1. The zero-order valence-electron chi connectivity index (χ0n) is 11.7. The molecule has 7 heteroatoms. The number of aromatic nitrogens is 2. The maximum Gasteiger partial charge on any atom is 0.327 e. The van der Waals surface area contributed by atoms with Gasteiger partial charge >= 0.3 is 5.97 Å². The molecular formula is C13H19N3O3S. The normalized spacial score (nSPS) is 19.4. The quantitative estimate of drug-likeness (QED) is 0.890. The first kappa shape index (κ1) is 14.9. The number of nitrogens with zero attached hydrogens (tertiary/aromatic N) is 3. The summed E-state index contributed by atoms with van der Waals surface area (Å²) < 4.78 is 1.60. The summed E-state index contributed by atoms with van der Waals surface area (Å²) in [4.78, 5) is 29.5. The molecule has 1 aromatic rings. The Hall–Kier alpha value is -1.50. The zero-order chi connectivity index (χ0) is 14.7. The van der Waals surface area contributed by atoms with Crippen LogP contribution in [0, 0.1) is 5.92 Å². The van der Waals surface area contributed by atoms with Crippen molar-refractivity contribution in [2.45, 2.75) is 26.4 Å². The molecule has 20 heavy (non-hydrogen) atoms. The van der Waals surface area contributed by atoms with E-state index in [1.54, 1.807) is 33.6 Å². The summed E-state index contributed by atoms with van der Waals surface area (Å²) in [6.45, 7) is 5.21. The molecule has 0 amide bonds. The molecule has 0 bridgehead atoms. The van der Waals surface area contributed by atoms with Gasteiger partial charge in [-0.25, -0.2) is 9.78 Å². The van der Waals surface area contributed by atoms with Crippen LogP contribution in [0.4, 0.5) is 5.82 Å². The predicted molar refractivity (Wildman–Crippen MR) is 79.4 cm³/mol. The first-order chi connectivity index (χ1) is 9.50. The Balaban J connectivity index is 2.36. The molecule has 6 nitrogen and oxygen atoms in total. The van der Waals surface area contributed by atoms with Crippen LogP contribution in [0.1, 0.15) is 13.8 Å². The van der Waals surface area contributed by atoms with Crippen LogP contribution in [-0.2, 0) is 11.3 Å². The van der Waals surface area contributed by atoms with Gasteiger partial charge in [0.25, 0.3) is 5.56 Å². The minimum absolute atomic E-state index is 0.209. The molecule has 1 atom stereocenters. The number of carboxylic acid groups (broad SMARTS) is 1. The first-order valence-electron chi connectivity index (χ1n) is 6.63. The summed E-state index contributed by atoms with van der Waals surface area (Å²) in [6, 6.07) is -0.677. The highest BCUT2D eigenvalue weighted by atomic mass is 32.2. The predicted octanol–water partition coefficient (Wildman–Crippen LogP) is 0.906. The molecule has 0 aromatic carbocycles. The van der Waals surface area contributed by atoms with Gasteiger partial charge in [-0.3, -0.25) is 4.79 Å². The SMILES string of the molecule is CC(C)Cn1ccnc(N2CCSCC2C(=O)O)c1=O. The van der Waals surface area contributed by atoms with E-state index in [2.05, 4.69) is 4.98 Å². The van der Waals surface area contributed by atoms with Gasteiger partial charge in [-0.1, -0.05) is 13.8 Å². The summed E-state index contributed by atoms with van der Waals surface area (Å²) >= 11 is 1.59. The smallest absolute Gasteiger partial charge is 0.327 e. The van der Waals surface area contributed by atoms with Gasteiger partial charge in [-0.05, 0) is 5.92 Å². The minimum Gasteiger partial charge on any atom is -0.480 e. The third-order valence-corrected chi connectivity index (χ3v) is 4.17. The van der Waals surface area contributed by atoms with Crippen molar-refractivity contribution in [2.24, 2.45) is 5.92 Å². The topological polar surface area (TPSA) is 75.4 Å². The second kappa shape index (κ2) is 6.30. The second-order valence-corrected chi connectivity index (χ2v) is 6.37. The standard InChI is InChI=1S/C13H19N3O3S/c1-9(2)7-15-4-3-14-11(12(15)17)16-5-6-20-8-10(16)13(18)19/h3-4,9-10H,5-8H2,1-2H3,(H,18,19). The van der Waals surface area contributed by atoms with E-state index in [0.717, 1.165) is 5.75 Å². The second-order valence-electron chi connectivity index (χ2n) is 5.22. The molecule has 0 aliphatic carbocycles. The lowest BCUT2D eigenvalue weighted by Crippen LogP contribution is -2.50. The van der Waals surface area contributed by atoms with E-state index in [1.807, 2.05) is 13.8 Å². The Kier molecular flexibility index (Phi) is 4.69. The fraction of sp³-hybridized carbons (Fsp3) is 0.615. The molecule has 0 saturated carbocycles. The summed E-state index contributed by atoms with van der Waals surface area (Å²) in [6.07, 6.45) is 3.22. The molecule has 0 radical (unpaired) electrons. The van der Waals surface area contributed by atoms with Gasteiger partial charge in [0.05, 0.1) is 0 Å². The van der Waals surface area contributed by atoms with E-state index in [1.165, 1.54) is 0 Å². The molecule has 1 saturated heterocycles. The van der Waals surface area contributed by atoms with Gasteiger partial charge in [-0.15, -0.1) is 0 Å². The molecule has 1 aliphatic rings. The molecule has 1 fully saturated rings. The molecule has 2 heterocycles. The number of hydrogen-bond donors (Lipinski definition) is 1. The van der Waals surface area contributed by atoms with E-state index >= 15 is 0 Å². The van der Waals surface area contributed by atoms with E-state index in [9.17, 15) is 14.7 Å². The lowest BCUT2D eigenvalue weighted by atomic mass is 10.2. The maximum atomic E-state index is 12.4. The van der Waals surface area contributed by atoms with E-state index in [-0.39, 0.29) is 11.4 Å². The van der Waals surface area contributed by atoms with Crippen molar-refractivity contribution >= 4 is 23.5 Å². The third kappa shape index (κ3) is 3.15. The first-order valence-corrected chi connectivity index (χ1v) is 7.78. The van der Waals surface area contributed by atoms with Gasteiger partial charge in [0.2, 0.25) is 0 Å². The molecule has 2 rings (SSSR count). The molecule has 0 spiro atoms. The van der Waals surface area contributed by atoms with E-state index in [0.29, 0.717) is 24.8 Å². The molecule has 1 aliphatic heterocycles. The Bertz CT molecular complexity index is 544. The van der Waals surface area contributed by atoms with E-state index < -0.39 is 12.0 Å². The van der Waals surface area contributed by atoms with Crippen LogP contribution in [0.15, 0.2) is 17.2 Å². The van der Waals surface area contributed by atoms with Crippen LogP contribution >= 0.6 is 11.8 Å². The van der Waals surface area contributed by atoms with Gasteiger partial charge < -0.3 is 14.6 Å². The fourth-order valence-corrected chi connectivity index (χ4v) is 3.27. The molecule has 1 unspecified atom stereocenters. The van der Waals surface area contributed by atoms with Gasteiger partial charge in [0.1, 0.15) is 6.04 Å². The number of aliphatic carboxylic acids is 1. The summed E-state index contributed by atoms with van der Waals surface area (Å²) in [5.41, 5.74) is -0.209. The van der Waals surface area contributed by atoms with Gasteiger partial charge in [-0.2, -0.15) is 11.8 Å². The average molecular weight is 297 g/mol. The molecule has 1 aromatic heterocycles. The largest absolute Gasteiger partial charge is 0.480 e. The number of carboxylic acids is 1. The Labute approximate surface area is 121 Å². The zero-order valence-corrected chi connectivity index (χ0v) is 12.5. The van der Waals surface area contributed by atoms with Crippen LogP contribution < -0.4 is 10.5 Å². The lowest BCUT2D eigenvalue weighted by molar-refractivity contribution is -0.138. The molecule has 110 valence electrons. The summed E-state index contributed by atoms with van der Waals surface area (Å²) in [5.74, 6) is 0.980. The van der Waals surface area contributed by atoms with Crippen molar-refractivity contribution in [3.8, 4) is 0 Å². The highest BCUT2D eigenvalue weighted by Gasteiger charge is 2.31. The van der Waals surface area contributed by atoms with Crippen LogP contribution in [0.25, 0.3) is 0 Å². The Morgan fingerprint density at radius 2 is 2.35 bits per heavy atom. The molecule has 1 N–H and O–H groups in total. The van der Waals surface area contributed by atoms with E-state index in [4.69, 9.17) is 0 Å². The maximum absolute atomic E-state index is 12.4. The Morgan fingerprint density at radius 1 is 1.60 bits per heavy atom. The van der Waals surface area contributed by atoms with Crippen LogP contribution in [0.5, 0.6) is 0 Å². The lowest BCUT2D eigenvalue weighted by Gasteiger charge is -2.33. The Morgan fingerprint density at radius 3 is 3.00 bits per heavy atom. The van der Waals surface area contributed by atoms with Crippen molar-refractivity contribution in [2.75, 3.05) is 23.0 Å². The minimum atomic E-state index is -0.905. The summed E-state index contributed by atoms with van der Waals surface area (Å²) in [7, 11) is 0.